The summed E-state index contributed by atoms with van der Waals surface area (Å²) in [6, 6.07) is 7.75. The van der Waals surface area contributed by atoms with E-state index in [0.29, 0.717) is 0 Å². The lowest BCUT2D eigenvalue weighted by Crippen LogP contribution is -2.63. The maximum Gasteiger partial charge on any atom is 0.475 e. The van der Waals surface area contributed by atoms with Crippen molar-refractivity contribution in [2.24, 2.45) is 0 Å². The van der Waals surface area contributed by atoms with Crippen molar-refractivity contribution < 1.29 is 21.7 Å². The number of hydrogen-bond acceptors (Lipinski definition) is 5. The molecular weight excluding hydrogens is 331 g/mol. The fourth-order valence-corrected chi connectivity index (χ4v) is 14.6. The molecule has 2 rings (SSSR count). The minimum Gasteiger partial charge on any atom is -0.497 e. The van der Waals surface area contributed by atoms with E-state index in [1.165, 1.54) is 0 Å². The summed E-state index contributed by atoms with van der Waals surface area (Å²) in [4.78, 5) is 0. The summed E-state index contributed by atoms with van der Waals surface area (Å²) in [5.41, 5.74) is 0.925. The first kappa shape index (κ1) is 17.9. The van der Waals surface area contributed by atoms with Gasteiger partial charge in [0.1, 0.15) is 5.75 Å². The van der Waals surface area contributed by atoms with Crippen LogP contribution in [-0.2, 0) is 16.9 Å². The highest BCUT2D eigenvalue weighted by atomic mass is 28.5. The summed E-state index contributed by atoms with van der Waals surface area (Å²) < 4.78 is 30.4. The van der Waals surface area contributed by atoms with Crippen LogP contribution in [0.25, 0.3) is 0 Å². The maximum absolute atomic E-state index is 6.27. The summed E-state index contributed by atoms with van der Waals surface area (Å²) >= 11 is 0. The Morgan fingerprint density at radius 1 is 0.864 bits per heavy atom. The molecule has 22 heavy (non-hydrogen) atoms. The first-order chi connectivity index (χ1) is 10.0. The lowest BCUT2D eigenvalue weighted by Gasteiger charge is -2.43. The predicted octanol–water partition coefficient (Wildman–Crippen LogP) is 2.58. The van der Waals surface area contributed by atoms with E-state index in [4.69, 9.17) is 21.7 Å². The molecule has 1 aromatic carbocycles. The number of hydrogen-bond donors (Lipinski definition) is 0. The molecule has 1 fully saturated rings. The molecule has 1 aliphatic rings. The molecule has 1 aromatic rings. The zero-order chi connectivity index (χ0) is 16.6. The Morgan fingerprint density at radius 2 is 1.41 bits per heavy atom. The van der Waals surface area contributed by atoms with Crippen molar-refractivity contribution in [1.82, 2.24) is 0 Å². The van der Waals surface area contributed by atoms with Crippen LogP contribution in [-0.4, -0.2) is 39.9 Å². The fraction of sp³-hybridized carbons (Fsp3) is 0.538. The Labute approximate surface area is 136 Å². The maximum atomic E-state index is 6.27. The lowest BCUT2D eigenvalue weighted by molar-refractivity contribution is 0.254. The van der Waals surface area contributed by atoms with Crippen LogP contribution in [0.5, 0.6) is 5.75 Å². The zero-order valence-corrected chi connectivity index (χ0v) is 17.4. The van der Waals surface area contributed by atoms with Crippen molar-refractivity contribution >= 4 is 38.3 Å². The summed E-state index contributed by atoms with van der Waals surface area (Å²) in [6.45, 7) is 12.2. The van der Waals surface area contributed by atoms with Gasteiger partial charge in [-0.2, -0.15) is 0 Å². The van der Waals surface area contributed by atoms with Crippen LogP contribution in [0.4, 0.5) is 0 Å². The molecule has 0 unspecified atom stereocenters. The van der Waals surface area contributed by atoms with Gasteiger partial charge in [0.2, 0.25) is 0 Å². The summed E-state index contributed by atoms with van der Waals surface area (Å²) in [5, 5.41) is 0. The van der Waals surface area contributed by atoms with Gasteiger partial charge in [0.15, 0.2) is 0 Å². The number of rotatable bonds is 2. The fourth-order valence-electron chi connectivity index (χ4n) is 2.72. The van der Waals surface area contributed by atoms with E-state index in [0.717, 1.165) is 11.2 Å². The number of benzene rings is 1. The van der Waals surface area contributed by atoms with E-state index in [1.807, 2.05) is 50.5 Å². The van der Waals surface area contributed by atoms with Gasteiger partial charge < -0.3 is 21.7 Å². The average molecular weight is 356 g/mol. The van der Waals surface area contributed by atoms with Gasteiger partial charge in [-0.15, -0.1) is 0 Å². The van der Waals surface area contributed by atoms with Crippen molar-refractivity contribution in [1.29, 1.82) is 0 Å². The molecule has 1 aliphatic heterocycles. The molecule has 0 spiro atoms. The van der Waals surface area contributed by atoms with E-state index in [-0.39, 0.29) is 0 Å². The number of ether oxygens (including phenoxy) is 1. The second kappa shape index (κ2) is 6.23. The molecule has 0 amide bonds. The highest BCUT2D eigenvalue weighted by molar-refractivity contribution is 6.91. The van der Waals surface area contributed by atoms with Crippen molar-refractivity contribution in [3.8, 4) is 5.75 Å². The van der Waals surface area contributed by atoms with Gasteiger partial charge in [-0.3, -0.25) is 0 Å². The lowest BCUT2D eigenvalue weighted by atomic mass is 9.80. The smallest absolute Gasteiger partial charge is 0.475 e. The Hall–Kier alpha value is -0.424. The Balaban J connectivity index is 2.33. The molecule has 0 aliphatic carbocycles. The van der Waals surface area contributed by atoms with E-state index >= 15 is 0 Å². The minimum absolute atomic E-state index is 0.483. The minimum atomic E-state index is -2.35. The quantitative estimate of drug-likeness (QED) is 0.762. The molecule has 0 radical (unpaired) electrons. The molecule has 122 valence electrons. The summed E-state index contributed by atoms with van der Waals surface area (Å²) in [5.74, 6) is 0.780. The van der Waals surface area contributed by atoms with Crippen molar-refractivity contribution in [3.63, 3.8) is 0 Å². The molecule has 0 N–H and O–H groups in total. The van der Waals surface area contributed by atoms with E-state index in [9.17, 15) is 0 Å². The van der Waals surface area contributed by atoms with Gasteiger partial charge in [0.25, 0.3) is 0 Å². The third-order valence-corrected chi connectivity index (χ3v) is 12.6. The van der Waals surface area contributed by atoms with Crippen molar-refractivity contribution in [2.45, 2.75) is 39.3 Å². The van der Waals surface area contributed by atoms with E-state index < -0.39 is 32.8 Å². The average Bonchev–Trinajstić information content (AvgIpc) is 2.33. The molecule has 1 saturated heterocycles. The second-order valence-electron chi connectivity index (χ2n) is 6.75. The largest absolute Gasteiger partial charge is 0.497 e. The molecular formula is C13H25BO5Si3. The summed E-state index contributed by atoms with van der Waals surface area (Å²) in [6.07, 6.45) is 0. The monoisotopic (exact) mass is 356 g/mol. The van der Waals surface area contributed by atoms with Crippen molar-refractivity contribution in [3.05, 3.63) is 24.3 Å². The second-order valence-corrected chi connectivity index (χ2v) is 17.3. The van der Waals surface area contributed by atoms with Gasteiger partial charge >= 0.3 is 32.8 Å². The van der Waals surface area contributed by atoms with Crippen molar-refractivity contribution in [2.75, 3.05) is 7.11 Å². The standard InChI is InChI=1S/C13H25BO5Si3/c1-15-13-10-8-9-12(11-13)14-16-20(2,3)18-22(6,7)19-21(4,5)17-14/h8-11H,1-7H3. The first-order valence-electron chi connectivity index (χ1n) is 7.42. The molecule has 5 nitrogen and oxygen atoms in total. The van der Waals surface area contributed by atoms with Gasteiger partial charge in [-0.25, -0.2) is 0 Å². The van der Waals surface area contributed by atoms with Crippen LogP contribution in [0.1, 0.15) is 0 Å². The number of methoxy groups -OCH3 is 1. The molecule has 0 bridgehead atoms. The molecule has 0 saturated carbocycles. The van der Waals surface area contributed by atoms with Crippen LogP contribution in [0.15, 0.2) is 24.3 Å². The molecule has 0 atom stereocenters. The van der Waals surface area contributed by atoms with Gasteiger partial charge in [0, 0.05) is 0 Å². The van der Waals surface area contributed by atoms with Crippen LogP contribution in [0, 0.1) is 0 Å². The van der Waals surface area contributed by atoms with Crippen LogP contribution < -0.4 is 10.2 Å². The normalized spacial score (nSPS) is 23.5. The van der Waals surface area contributed by atoms with Crippen LogP contribution >= 0.6 is 0 Å². The predicted molar refractivity (Wildman–Crippen MR) is 95.2 cm³/mol. The van der Waals surface area contributed by atoms with E-state index in [1.54, 1.807) is 7.11 Å². The Morgan fingerprint density at radius 3 is 1.91 bits per heavy atom. The topological polar surface area (TPSA) is 46.2 Å². The Bertz CT molecular complexity index is 516. The highest BCUT2D eigenvalue weighted by Crippen LogP contribution is 2.26. The summed E-state index contributed by atoms with van der Waals surface area (Å²) in [7, 11) is -5.78. The molecule has 9 heteroatoms. The van der Waals surface area contributed by atoms with E-state index in [2.05, 4.69) is 13.1 Å². The molecule has 1 heterocycles. The Kier molecular flexibility index (Phi) is 5.08. The van der Waals surface area contributed by atoms with Gasteiger partial charge in [-0.1, -0.05) is 12.1 Å². The zero-order valence-electron chi connectivity index (χ0n) is 14.4. The van der Waals surface area contributed by atoms with Crippen LogP contribution in [0.2, 0.25) is 39.3 Å². The third-order valence-electron chi connectivity index (χ3n) is 3.13. The van der Waals surface area contributed by atoms with Gasteiger partial charge in [-0.05, 0) is 56.9 Å². The molecule has 0 aromatic heterocycles. The van der Waals surface area contributed by atoms with Crippen LogP contribution in [0.3, 0.4) is 0 Å². The highest BCUT2D eigenvalue weighted by Gasteiger charge is 2.48. The van der Waals surface area contributed by atoms with Gasteiger partial charge in [0.05, 0.1) is 7.11 Å². The third kappa shape index (κ3) is 4.78. The first-order valence-corrected chi connectivity index (χ1v) is 15.9. The SMILES string of the molecule is COc1cccc(B2O[Si](C)(C)O[Si](C)(C)O[Si](C)(C)O2)c1.